The number of rotatable bonds is 2. The number of aromatic amines is 1. The molecule has 0 aliphatic heterocycles. The first kappa shape index (κ1) is 6.40. The molecule has 1 heterocycles. The van der Waals surface area contributed by atoms with Crippen LogP contribution in [0.3, 0.4) is 0 Å². The van der Waals surface area contributed by atoms with E-state index in [0.29, 0.717) is 5.82 Å². The Hall–Kier alpha value is -1.72. The number of aromatic nitrogens is 2. The third kappa shape index (κ3) is 1.66. The van der Waals surface area contributed by atoms with Gasteiger partial charge >= 0.3 is 0 Å². The van der Waals surface area contributed by atoms with Gasteiger partial charge < -0.3 is 11.5 Å². The minimum Gasteiger partial charge on any atom is -0.369 e. The number of hydrazone groups is 1. The van der Waals surface area contributed by atoms with Crippen molar-refractivity contribution in [1.82, 2.24) is 10.2 Å². The van der Waals surface area contributed by atoms with Crippen molar-refractivity contribution in [3.05, 3.63) is 12.3 Å². The quantitative estimate of drug-likeness (QED) is 0.240. The molecule has 0 aliphatic carbocycles. The van der Waals surface area contributed by atoms with E-state index in [1.54, 1.807) is 12.3 Å². The largest absolute Gasteiger partial charge is 0.369 e. The lowest BCUT2D eigenvalue weighted by Crippen LogP contribution is -2.23. The molecule has 0 unspecified atom stereocenters. The van der Waals surface area contributed by atoms with Crippen LogP contribution in [0.5, 0.6) is 0 Å². The Bertz CT molecular complexity index is 208. The number of hydrogen-bond donors (Lipinski definition) is 4. The van der Waals surface area contributed by atoms with E-state index in [-0.39, 0.29) is 5.96 Å². The van der Waals surface area contributed by atoms with Crippen LogP contribution in [0.15, 0.2) is 17.4 Å². The summed E-state index contributed by atoms with van der Waals surface area (Å²) in [5.41, 5.74) is 12.6. The third-order valence-corrected chi connectivity index (χ3v) is 0.806. The Morgan fingerprint density at radius 2 is 2.50 bits per heavy atom. The molecule has 6 heteroatoms. The van der Waals surface area contributed by atoms with Gasteiger partial charge in [0.05, 0.1) is 6.20 Å². The van der Waals surface area contributed by atoms with Gasteiger partial charge in [-0.25, -0.2) is 0 Å². The highest BCUT2D eigenvalue weighted by molar-refractivity contribution is 5.76. The first-order valence-corrected chi connectivity index (χ1v) is 2.63. The number of nitrogens with two attached hydrogens (primary N) is 2. The maximum atomic E-state index is 5.04. The van der Waals surface area contributed by atoms with E-state index in [0.717, 1.165) is 0 Å². The number of nitrogens with one attached hydrogen (secondary N) is 2. The van der Waals surface area contributed by atoms with Gasteiger partial charge in [-0.2, -0.15) is 5.10 Å². The number of hydrogen-bond acceptors (Lipinski definition) is 3. The average molecular weight is 140 g/mol. The van der Waals surface area contributed by atoms with Crippen molar-refractivity contribution >= 4 is 11.8 Å². The molecule has 0 amide bonds. The van der Waals surface area contributed by atoms with Crippen LogP contribution < -0.4 is 16.9 Å². The molecule has 0 bridgehead atoms. The van der Waals surface area contributed by atoms with Crippen LogP contribution in [0.2, 0.25) is 0 Å². The van der Waals surface area contributed by atoms with E-state index in [2.05, 4.69) is 20.7 Å². The summed E-state index contributed by atoms with van der Waals surface area (Å²) in [6.07, 6.45) is 1.59. The number of anilines is 1. The van der Waals surface area contributed by atoms with E-state index in [1.165, 1.54) is 0 Å². The highest BCUT2D eigenvalue weighted by Gasteiger charge is 1.86. The van der Waals surface area contributed by atoms with Gasteiger partial charge in [-0.1, -0.05) is 0 Å². The maximum Gasteiger partial charge on any atom is 0.208 e. The van der Waals surface area contributed by atoms with Gasteiger partial charge in [0.2, 0.25) is 5.96 Å². The third-order valence-electron chi connectivity index (χ3n) is 0.806. The van der Waals surface area contributed by atoms with E-state index >= 15 is 0 Å². The molecule has 0 aromatic carbocycles. The summed E-state index contributed by atoms with van der Waals surface area (Å²) < 4.78 is 0. The second-order valence-electron chi connectivity index (χ2n) is 1.62. The molecule has 0 saturated heterocycles. The molecule has 0 spiro atoms. The molecule has 0 radical (unpaired) electrons. The molecule has 0 fully saturated rings. The standard InChI is InChI=1S/C4H8N6/c5-4(6)10-9-3-1-2-7-8-3/h1-2H,(H4,5,6,10)(H2,7,8,9). The van der Waals surface area contributed by atoms with Crippen LogP contribution in [0.4, 0.5) is 5.82 Å². The monoisotopic (exact) mass is 140 g/mol. The maximum absolute atomic E-state index is 5.04. The summed E-state index contributed by atoms with van der Waals surface area (Å²) in [5, 5.41) is 9.79. The van der Waals surface area contributed by atoms with Crippen molar-refractivity contribution in [2.75, 3.05) is 5.43 Å². The SMILES string of the molecule is NC(N)=NNc1ccn[nH]1. The first-order valence-electron chi connectivity index (χ1n) is 2.63. The molecule has 1 rings (SSSR count). The molecule has 10 heavy (non-hydrogen) atoms. The van der Waals surface area contributed by atoms with Crippen molar-refractivity contribution in [2.24, 2.45) is 16.6 Å². The first-order chi connectivity index (χ1) is 4.79. The van der Waals surface area contributed by atoms with Crippen LogP contribution >= 0.6 is 0 Å². The van der Waals surface area contributed by atoms with Gasteiger partial charge in [-0.3, -0.25) is 10.5 Å². The van der Waals surface area contributed by atoms with Crippen LogP contribution in [0.1, 0.15) is 0 Å². The fourth-order valence-corrected chi connectivity index (χ4v) is 0.443. The van der Waals surface area contributed by atoms with E-state index in [1.807, 2.05) is 0 Å². The molecule has 6 nitrogen and oxygen atoms in total. The second-order valence-corrected chi connectivity index (χ2v) is 1.62. The molecule has 0 aliphatic rings. The number of nitrogens with zero attached hydrogens (tertiary/aromatic N) is 2. The topological polar surface area (TPSA) is 105 Å². The predicted octanol–water partition coefficient (Wildman–Crippen LogP) is -0.990. The lowest BCUT2D eigenvalue weighted by Gasteiger charge is -1.93. The van der Waals surface area contributed by atoms with Crippen molar-refractivity contribution < 1.29 is 0 Å². The zero-order chi connectivity index (χ0) is 7.40. The summed E-state index contributed by atoms with van der Waals surface area (Å²) >= 11 is 0. The molecule has 0 saturated carbocycles. The highest BCUT2D eigenvalue weighted by atomic mass is 15.4. The minimum absolute atomic E-state index is 0.0189. The normalized spacial score (nSPS) is 8.80. The fourth-order valence-electron chi connectivity index (χ4n) is 0.443. The Morgan fingerprint density at radius 1 is 1.70 bits per heavy atom. The van der Waals surface area contributed by atoms with Gasteiger partial charge in [-0.15, -0.1) is 5.10 Å². The molecular weight excluding hydrogens is 132 g/mol. The Morgan fingerprint density at radius 3 is 3.00 bits per heavy atom. The summed E-state index contributed by atoms with van der Waals surface area (Å²) in [7, 11) is 0. The Labute approximate surface area is 57.3 Å². The minimum atomic E-state index is -0.0189. The predicted molar refractivity (Wildman–Crippen MR) is 38.0 cm³/mol. The van der Waals surface area contributed by atoms with Gasteiger partial charge in [0.15, 0.2) is 0 Å². The van der Waals surface area contributed by atoms with E-state index in [9.17, 15) is 0 Å². The Kier molecular flexibility index (Phi) is 1.74. The van der Waals surface area contributed by atoms with Crippen LogP contribution in [0.25, 0.3) is 0 Å². The fraction of sp³-hybridized carbons (Fsp3) is 0. The zero-order valence-corrected chi connectivity index (χ0v) is 5.20. The van der Waals surface area contributed by atoms with Crippen molar-refractivity contribution in [3.8, 4) is 0 Å². The Balaban J connectivity index is 2.49. The average Bonchev–Trinajstić information content (AvgIpc) is 2.34. The second kappa shape index (κ2) is 2.72. The molecule has 0 atom stereocenters. The van der Waals surface area contributed by atoms with Gasteiger partial charge in [0.1, 0.15) is 5.82 Å². The van der Waals surface area contributed by atoms with Gasteiger partial charge in [0.25, 0.3) is 0 Å². The van der Waals surface area contributed by atoms with Crippen molar-refractivity contribution in [3.63, 3.8) is 0 Å². The van der Waals surface area contributed by atoms with Crippen molar-refractivity contribution in [2.45, 2.75) is 0 Å². The smallest absolute Gasteiger partial charge is 0.208 e. The zero-order valence-electron chi connectivity index (χ0n) is 5.20. The van der Waals surface area contributed by atoms with E-state index < -0.39 is 0 Å². The molecule has 54 valence electrons. The van der Waals surface area contributed by atoms with E-state index in [4.69, 9.17) is 11.5 Å². The molecule has 1 aromatic heterocycles. The summed E-state index contributed by atoms with van der Waals surface area (Å²) in [4.78, 5) is 0. The molecule has 6 N–H and O–H groups in total. The summed E-state index contributed by atoms with van der Waals surface area (Å²) in [6, 6.07) is 1.70. The summed E-state index contributed by atoms with van der Waals surface area (Å²) in [5.74, 6) is 0.628. The van der Waals surface area contributed by atoms with Gasteiger partial charge in [0, 0.05) is 6.07 Å². The lowest BCUT2D eigenvalue weighted by atomic mass is 10.7. The molecular formula is C4H8N6. The molecule has 1 aromatic rings. The van der Waals surface area contributed by atoms with Crippen LogP contribution in [-0.4, -0.2) is 16.2 Å². The van der Waals surface area contributed by atoms with Gasteiger partial charge in [-0.05, 0) is 0 Å². The lowest BCUT2D eigenvalue weighted by molar-refractivity contribution is 1.07. The number of H-pyrrole nitrogens is 1. The van der Waals surface area contributed by atoms with Crippen LogP contribution in [0, 0.1) is 0 Å². The van der Waals surface area contributed by atoms with Crippen LogP contribution in [-0.2, 0) is 0 Å². The van der Waals surface area contributed by atoms with Crippen molar-refractivity contribution in [1.29, 1.82) is 0 Å². The number of guanidine groups is 1. The highest BCUT2D eigenvalue weighted by Crippen LogP contribution is 1.96. The summed E-state index contributed by atoms with van der Waals surface area (Å²) in [6.45, 7) is 0.